The number of fused-ring (bicyclic) bond motifs is 2. The normalized spacial score (nSPS) is 13.5. The molecule has 146 valence electrons. The molecule has 1 aliphatic heterocycles. The van der Waals surface area contributed by atoms with Crippen LogP contribution in [0.1, 0.15) is 23.5 Å². The Labute approximate surface area is 163 Å². The number of hydrogen-bond donors (Lipinski definition) is 1. The minimum Gasteiger partial charge on any atom is -0.475 e. The summed E-state index contributed by atoms with van der Waals surface area (Å²) in [5.74, 6) is 1.61. The van der Waals surface area contributed by atoms with Gasteiger partial charge in [0, 0.05) is 45.5 Å². The zero-order chi connectivity index (χ0) is 19.3. The van der Waals surface area contributed by atoms with Crippen molar-refractivity contribution in [1.82, 2.24) is 19.9 Å². The summed E-state index contributed by atoms with van der Waals surface area (Å²) in [5.41, 5.74) is 4.04. The summed E-state index contributed by atoms with van der Waals surface area (Å²) >= 11 is 0. The van der Waals surface area contributed by atoms with Crippen LogP contribution in [0.2, 0.25) is 0 Å². The van der Waals surface area contributed by atoms with Crippen LogP contribution in [0.25, 0.3) is 11.0 Å². The molecule has 0 bridgehead atoms. The molecule has 1 aromatic carbocycles. The summed E-state index contributed by atoms with van der Waals surface area (Å²) in [6.07, 6.45) is 1.80. The van der Waals surface area contributed by atoms with E-state index in [4.69, 9.17) is 9.47 Å². The van der Waals surface area contributed by atoms with Crippen LogP contribution in [0.5, 0.6) is 5.88 Å². The van der Waals surface area contributed by atoms with E-state index in [-0.39, 0.29) is 5.91 Å². The molecule has 1 aliphatic rings. The minimum atomic E-state index is 0.145. The quantitative estimate of drug-likeness (QED) is 0.637. The highest BCUT2D eigenvalue weighted by molar-refractivity contribution is 5.77. The summed E-state index contributed by atoms with van der Waals surface area (Å²) in [7, 11) is 1.64. The number of H-pyrrole nitrogens is 1. The number of nitrogens with zero attached hydrogens (tertiary/aromatic N) is 3. The number of carbonyl (C=O) groups excluding carboxylic acids is 1. The number of aryl methyl sites for hydroxylation is 1. The highest BCUT2D eigenvalue weighted by atomic mass is 16.5. The third-order valence-corrected chi connectivity index (χ3v) is 4.93. The van der Waals surface area contributed by atoms with E-state index in [0.717, 1.165) is 34.5 Å². The number of rotatable bonds is 7. The van der Waals surface area contributed by atoms with Gasteiger partial charge in [-0.2, -0.15) is 0 Å². The number of imidazole rings is 1. The van der Waals surface area contributed by atoms with Crippen LogP contribution in [0.15, 0.2) is 36.4 Å². The van der Waals surface area contributed by atoms with E-state index in [9.17, 15) is 4.79 Å². The number of hydrogen-bond acceptors (Lipinski definition) is 5. The molecule has 7 nitrogen and oxygen atoms in total. The van der Waals surface area contributed by atoms with Gasteiger partial charge in [0.2, 0.25) is 11.8 Å². The van der Waals surface area contributed by atoms with Crippen LogP contribution in [-0.2, 0) is 28.9 Å². The summed E-state index contributed by atoms with van der Waals surface area (Å²) in [6, 6.07) is 11.8. The Morgan fingerprint density at radius 1 is 1.18 bits per heavy atom. The van der Waals surface area contributed by atoms with Gasteiger partial charge >= 0.3 is 0 Å². The lowest BCUT2D eigenvalue weighted by Crippen LogP contribution is -2.36. The van der Waals surface area contributed by atoms with Crippen molar-refractivity contribution >= 4 is 16.9 Å². The second-order valence-corrected chi connectivity index (χ2v) is 6.86. The van der Waals surface area contributed by atoms with E-state index >= 15 is 0 Å². The van der Waals surface area contributed by atoms with Crippen molar-refractivity contribution in [2.45, 2.75) is 25.8 Å². The van der Waals surface area contributed by atoms with Gasteiger partial charge in [0.15, 0.2) is 0 Å². The summed E-state index contributed by atoms with van der Waals surface area (Å²) in [6.45, 7) is 2.29. The third kappa shape index (κ3) is 4.14. The minimum absolute atomic E-state index is 0.145. The fourth-order valence-corrected chi connectivity index (χ4v) is 3.43. The third-order valence-electron chi connectivity index (χ3n) is 4.93. The lowest BCUT2D eigenvalue weighted by molar-refractivity contribution is -0.132. The van der Waals surface area contributed by atoms with E-state index in [2.05, 4.69) is 15.0 Å². The summed E-state index contributed by atoms with van der Waals surface area (Å²) in [4.78, 5) is 27.0. The molecule has 0 unspecified atom stereocenters. The van der Waals surface area contributed by atoms with Crippen LogP contribution in [0, 0.1) is 0 Å². The highest BCUT2D eigenvalue weighted by Crippen LogP contribution is 2.21. The van der Waals surface area contributed by atoms with Gasteiger partial charge < -0.3 is 19.4 Å². The zero-order valence-electron chi connectivity index (χ0n) is 16.0. The van der Waals surface area contributed by atoms with E-state index < -0.39 is 0 Å². The molecule has 4 rings (SSSR count). The number of aromatic nitrogens is 3. The first-order chi connectivity index (χ1) is 13.7. The maximum atomic E-state index is 12.7. The van der Waals surface area contributed by atoms with Crippen molar-refractivity contribution in [2.24, 2.45) is 0 Å². The van der Waals surface area contributed by atoms with Gasteiger partial charge in [0.1, 0.15) is 12.4 Å². The molecule has 0 radical (unpaired) electrons. The van der Waals surface area contributed by atoms with E-state index in [1.165, 1.54) is 0 Å². The smallest absolute Gasteiger partial charge is 0.223 e. The van der Waals surface area contributed by atoms with Gasteiger partial charge in [-0.1, -0.05) is 18.2 Å². The molecule has 28 heavy (non-hydrogen) atoms. The lowest BCUT2D eigenvalue weighted by Gasteiger charge is -2.28. The van der Waals surface area contributed by atoms with Gasteiger partial charge in [-0.3, -0.25) is 4.79 Å². The molecule has 2 aromatic heterocycles. The largest absolute Gasteiger partial charge is 0.475 e. The number of amides is 1. The maximum Gasteiger partial charge on any atom is 0.223 e. The average Bonchev–Trinajstić information content (AvgIpc) is 3.15. The highest BCUT2D eigenvalue weighted by Gasteiger charge is 2.22. The second kappa shape index (κ2) is 8.39. The molecule has 1 amide bonds. The monoisotopic (exact) mass is 380 g/mol. The molecule has 3 aromatic rings. The number of benzene rings is 1. The van der Waals surface area contributed by atoms with Gasteiger partial charge in [-0.05, 0) is 17.7 Å². The van der Waals surface area contributed by atoms with Crippen molar-refractivity contribution in [3.8, 4) is 5.88 Å². The van der Waals surface area contributed by atoms with Crippen LogP contribution in [-0.4, -0.2) is 52.6 Å². The topological polar surface area (TPSA) is 80.3 Å². The molecule has 3 heterocycles. The van der Waals surface area contributed by atoms with E-state index in [0.29, 0.717) is 45.0 Å². The number of carbonyl (C=O) groups is 1. The van der Waals surface area contributed by atoms with Crippen LogP contribution in [0.3, 0.4) is 0 Å². The number of aromatic amines is 1. The molecule has 0 saturated heterocycles. The summed E-state index contributed by atoms with van der Waals surface area (Å²) in [5, 5.41) is 0. The molecule has 0 saturated carbocycles. The van der Waals surface area contributed by atoms with Crippen molar-refractivity contribution in [1.29, 1.82) is 0 Å². The molecular formula is C21H24N4O3. The first kappa shape index (κ1) is 18.4. The Morgan fingerprint density at radius 2 is 2.07 bits per heavy atom. The molecule has 0 fully saturated rings. The predicted octanol–water partition coefficient (Wildman–Crippen LogP) is 2.50. The SMILES string of the molecule is COCCOc1ccc2c(n1)CCN(C(=O)CCc1nc3ccccc3[nH]1)C2. The van der Waals surface area contributed by atoms with Gasteiger partial charge in [0.25, 0.3) is 0 Å². The zero-order valence-corrected chi connectivity index (χ0v) is 16.0. The van der Waals surface area contributed by atoms with E-state index in [1.807, 2.05) is 41.3 Å². The Hall–Kier alpha value is -2.93. The molecule has 7 heteroatoms. The number of nitrogens with one attached hydrogen (secondary N) is 1. The Balaban J connectivity index is 1.33. The van der Waals surface area contributed by atoms with E-state index in [1.54, 1.807) is 7.11 Å². The number of para-hydroxylation sites is 2. The Bertz CT molecular complexity index is 936. The van der Waals surface area contributed by atoms with Crippen molar-refractivity contribution in [3.05, 3.63) is 53.5 Å². The predicted molar refractivity (Wildman–Crippen MR) is 105 cm³/mol. The van der Waals surface area contributed by atoms with Crippen LogP contribution in [0.4, 0.5) is 0 Å². The first-order valence-corrected chi connectivity index (χ1v) is 9.55. The van der Waals surface area contributed by atoms with Gasteiger partial charge in [-0.15, -0.1) is 0 Å². The van der Waals surface area contributed by atoms with Gasteiger partial charge in [0.05, 0.1) is 23.3 Å². The standard InChI is InChI=1S/C21H24N4O3/c1-27-12-13-28-20-8-6-15-14-25(11-10-16(15)24-20)21(26)9-7-19-22-17-4-2-3-5-18(17)23-19/h2-6,8H,7,9-14H2,1H3,(H,22,23). The molecule has 1 N–H and O–H groups in total. The molecule has 0 aliphatic carbocycles. The number of methoxy groups -OCH3 is 1. The lowest BCUT2D eigenvalue weighted by atomic mass is 10.1. The van der Waals surface area contributed by atoms with Gasteiger partial charge in [-0.25, -0.2) is 9.97 Å². The number of ether oxygens (including phenoxy) is 2. The maximum absolute atomic E-state index is 12.7. The van der Waals surface area contributed by atoms with Crippen molar-refractivity contribution in [2.75, 3.05) is 26.9 Å². The average molecular weight is 380 g/mol. The van der Waals surface area contributed by atoms with Crippen LogP contribution < -0.4 is 4.74 Å². The molecular weight excluding hydrogens is 356 g/mol. The Kier molecular flexibility index (Phi) is 5.53. The molecule has 0 spiro atoms. The fourth-order valence-electron chi connectivity index (χ4n) is 3.43. The van der Waals surface area contributed by atoms with Crippen molar-refractivity contribution < 1.29 is 14.3 Å². The first-order valence-electron chi connectivity index (χ1n) is 9.55. The Morgan fingerprint density at radius 3 is 2.93 bits per heavy atom. The fraction of sp³-hybridized carbons (Fsp3) is 0.381. The second-order valence-electron chi connectivity index (χ2n) is 6.86. The van der Waals surface area contributed by atoms with Crippen LogP contribution >= 0.6 is 0 Å². The van der Waals surface area contributed by atoms with Crippen molar-refractivity contribution in [3.63, 3.8) is 0 Å². The molecule has 0 atom stereocenters. The number of pyridine rings is 1. The summed E-state index contributed by atoms with van der Waals surface area (Å²) < 4.78 is 10.6.